The predicted octanol–water partition coefficient (Wildman–Crippen LogP) is 2.13. The van der Waals surface area contributed by atoms with Crippen molar-refractivity contribution in [3.05, 3.63) is 11.6 Å². The number of rotatable bonds is 2. The lowest BCUT2D eigenvalue weighted by atomic mass is 10.2. The second kappa shape index (κ2) is 3.67. The van der Waals surface area contributed by atoms with E-state index >= 15 is 0 Å². The maximum atomic E-state index is 4.93. The van der Waals surface area contributed by atoms with Crippen LogP contribution >= 0.6 is 0 Å². The Morgan fingerprint density at radius 2 is 2.11 bits per heavy atom. The fourth-order valence-electron chi connectivity index (χ4n) is 1.23. The smallest absolute Gasteiger partial charge is 0.0646 e. The van der Waals surface area contributed by atoms with Crippen molar-refractivity contribution >= 4 is 0 Å². The quantitative estimate of drug-likeness (QED) is 0.515. The second-order valence-corrected chi connectivity index (χ2v) is 2.52. The van der Waals surface area contributed by atoms with Gasteiger partial charge >= 0.3 is 0 Å². The van der Waals surface area contributed by atoms with Crippen molar-refractivity contribution in [3.8, 4) is 0 Å². The zero-order chi connectivity index (χ0) is 6.53. The van der Waals surface area contributed by atoms with Crippen molar-refractivity contribution in [2.45, 2.75) is 25.7 Å². The van der Waals surface area contributed by atoms with Crippen LogP contribution in [0.25, 0.3) is 0 Å². The molecule has 0 N–H and O–H groups in total. The van der Waals surface area contributed by atoms with E-state index in [0.29, 0.717) is 0 Å². The minimum absolute atomic E-state index is 0.801. The first-order valence-corrected chi connectivity index (χ1v) is 3.60. The number of methoxy groups -OCH3 is 1. The van der Waals surface area contributed by atoms with Crippen LogP contribution in [0.2, 0.25) is 0 Å². The molecule has 0 amide bonds. The van der Waals surface area contributed by atoms with Gasteiger partial charge in [0.1, 0.15) is 0 Å². The standard InChI is InChI=1S/C8H14O/c1-9-7-6-8-4-2-3-5-8/h6H,2-5,7H2,1H3. The highest BCUT2D eigenvalue weighted by molar-refractivity contribution is 5.05. The molecular formula is C8H14O. The van der Waals surface area contributed by atoms with Gasteiger partial charge in [0.2, 0.25) is 0 Å². The third-order valence-corrected chi connectivity index (χ3v) is 1.78. The summed E-state index contributed by atoms with van der Waals surface area (Å²) >= 11 is 0. The van der Waals surface area contributed by atoms with Crippen LogP contribution in [-0.2, 0) is 4.74 Å². The number of ether oxygens (including phenoxy) is 1. The average Bonchev–Trinajstić information content (AvgIpc) is 2.34. The van der Waals surface area contributed by atoms with Gasteiger partial charge < -0.3 is 4.74 Å². The first-order valence-electron chi connectivity index (χ1n) is 3.60. The molecule has 1 heteroatoms. The Morgan fingerprint density at radius 1 is 1.44 bits per heavy atom. The Bertz CT molecular complexity index is 97.1. The van der Waals surface area contributed by atoms with Gasteiger partial charge in [-0.25, -0.2) is 0 Å². The normalized spacial score (nSPS) is 18.6. The van der Waals surface area contributed by atoms with Gasteiger partial charge in [0.15, 0.2) is 0 Å². The fourth-order valence-corrected chi connectivity index (χ4v) is 1.23. The van der Waals surface area contributed by atoms with Crippen molar-refractivity contribution < 1.29 is 4.74 Å². The van der Waals surface area contributed by atoms with Gasteiger partial charge in [-0.05, 0) is 25.7 Å². The topological polar surface area (TPSA) is 9.23 Å². The molecule has 52 valence electrons. The predicted molar refractivity (Wildman–Crippen MR) is 38.4 cm³/mol. The highest BCUT2D eigenvalue weighted by Gasteiger charge is 2.04. The molecule has 1 aliphatic rings. The van der Waals surface area contributed by atoms with Gasteiger partial charge in [0, 0.05) is 7.11 Å². The summed E-state index contributed by atoms with van der Waals surface area (Å²) in [5.74, 6) is 0. The molecule has 0 saturated heterocycles. The summed E-state index contributed by atoms with van der Waals surface area (Å²) in [7, 11) is 1.74. The van der Waals surface area contributed by atoms with Crippen molar-refractivity contribution in [1.29, 1.82) is 0 Å². The van der Waals surface area contributed by atoms with E-state index in [4.69, 9.17) is 4.74 Å². The molecule has 0 aromatic carbocycles. The fraction of sp³-hybridized carbons (Fsp3) is 0.750. The van der Waals surface area contributed by atoms with E-state index < -0.39 is 0 Å². The molecule has 0 atom stereocenters. The summed E-state index contributed by atoms with van der Waals surface area (Å²) in [5.41, 5.74) is 1.59. The molecule has 0 unspecified atom stereocenters. The molecule has 0 bridgehead atoms. The minimum Gasteiger partial charge on any atom is -0.381 e. The van der Waals surface area contributed by atoms with Gasteiger partial charge in [-0.1, -0.05) is 11.6 Å². The van der Waals surface area contributed by atoms with Gasteiger partial charge in [-0.2, -0.15) is 0 Å². The van der Waals surface area contributed by atoms with Crippen molar-refractivity contribution in [2.75, 3.05) is 13.7 Å². The molecule has 9 heavy (non-hydrogen) atoms. The van der Waals surface area contributed by atoms with E-state index in [0.717, 1.165) is 6.61 Å². The van der Waals surface area contributed by atoms with E-state index in [2.05, 4.69) is 6.08 Å². The molecule has 1 fully saturated rings. The largest absolute Gasteiger partial charge is 0.381 e. The SMILES string of the molecule is COCC=C1CCCC1. The Kier molecular flexibility index (Phi) is 2.78. The highest BCUT2D eigenvalue weighted by atomic mass is 16.5. The van der Waals surface area contributed by atoms with Gasteiger partial charge in [0.25, 0.3) is 0 Å². The zero-order valence-corrected chi connectivity index (χ0v) is 6.02. The summed E-state index contributed by atoms with van der Waals surface area (Å²) in [6, 6.07) is 0. The second-order valence-electron chi connectivity index (χ2n) is 2.52. The van der Waals surface area contributed by atoms with Gasteiger partial charge in [-0.3, -0.25) is 0 Å². The molecule has 1 rings (SSSR count). The Labute approximate surface area is 56.7 Å². The average molecular weight is 126 g/mol. The molecule has 0 aromatic heterocycles. The van der Waals surface area contributed by atoms with Crippen LogP contribution in [0.1, 0.15) is 25.7 Å². The summed E-state index contributed by atoms with van der Waals surface area (Å²) in [6.07, 6.45) is 7.60. The third kappa shape index (κ3) is 2.19. The highest BCUT2D eigenvalue weighted by Crippen LogP contribution is 2.22. The van der Waals surface area contributed by atoms with E-state index in [1.807, 2.05) is 0 Å². The minimum atomic E-state index is 0.801. The van der Waals surface area contributed by atoms with Crippen LogP contribution < -0.4 is 0 Å². The Hall–Kier alpha value is -0.300. The van der Waals surface area contributed by atoms with Crippen LogP contribution in [0, 0.1) is 0 Å². The molecular weight excluding hydrogens is 112 g/mol. The molecule has 0 aliphatic heterocycles. The third-order valence-electron chi connectivity index (χ3n) is 1.78. The van der Waals surface area contributed by atoms with Crippen LogP contribution in [0.3, 0.4) is 0 Å². The lowest BCUT2D eigenvalue weighted by Gasteiger charge is -1.93. The van der Waals surface area contributed by atoms with Crippen LogP contribution in [-0.4, -0.2) is 13.7 Å². The first-order chi connectivity index (χ1) is 4.43. The molecule has 1 saturated carbocycles. The summed E-state index contributed by atoms with van der Waals surface area (Å²) in [6.45, 7) is 0.801. The number of allylic oxidation sites excluding steroid dienone is 1. The maximum absolute atomic E-state index is 4.93. The molecule has 1 nitrogen and oxygen atoms in total. The number of hydrogen-bond donors (Lipinski definition) is 0. The first kappa shape index (κ1) is 6.81. The summed E-state index contributed by atoms with van der Waals surface area (Å²) in [4.78, 5) is 0. The van der Waals surface area contributed by atoms with Crippen LogP contribution in [0.5, 0.6) is 0 Å². The molecule has 0 heterocycles. The van der Waals surface area contributed by atoms with E-state index in [1.165, 1.54) is 25.7 Å². The van der Waals surface area contributed by atoms with E-state index in [9.17, 15) is 0 Å². The van der Waals surface area contributed by atoms with E-state index in [1.54, 1.807) is 12.7 Å². The molecule has 0 aromatic rings. The Balaban J connectivity index is 2.22. The molecule has 0 spiro atoms. The van der Waals surface area contributed by atoms with Crippen LogP contribution in [0.4, 0.5) is 0 Å². The van der Waals surface area contributed by atoms with Crippen molar-refractivity contribution in [3.63, 3.8) is 0 Å². The zero-order valence-electron chi connectivity index (χ0n) is 6.02. The van der Waals surface area contributed by atoms with Crippen molar-refractivity contribution in [1.82, 2.24) is 0 Å². The van der Waals surface area contributed by atoms with Crippen LogP contribution in [0.15, 0.2) is 11.6 Å². The van der Waals surface area contributed by atoms with Gasteiger partial charge in [0.05, 0.1) is 6.61 Å². The monoisotopic (exact) mass is 126 g/mol. The molecule has 1 aliphatic carbocycles. The summed E-state index contributed by atoms with van der Waals surface area (Å²) < 4.78 is 4.93. The lowest BCUT2D eigenvalue weighted by molar-refractivity contribution is 0.233. The van der Waals surface area contributed by atoms with Crippen molar-refractivity contribution in [2.24, 2.45) is 0 Å². The summed E-state index contributed by atoms with van der Waals surface area (Å²) in [5, 5.41) is 0. The van der Waals surface area contributed by atoms with Gasteiger partial charge in [-0.15, -0.1) is 0 Å². The maximum Gasteiger partial charge on any atom is 0.0646 e. The molecule has 0 radical (unpaired) electrons. The van der Waals surface area contributed by atoms with E-state index in [-0.39, 0.29) is 0 Å². The lowest BCUT2D eigenvalue weighted by Crippen LogP contribution is -1.83. The number of hydrogen-bond acceptors (Lipinski definition) is 1. The Morgan fingerprint density at radius 3 is 2.67 bits per heavy atom.